The number of imidazole rings is 1. The SMILES string of the molecule is COc1ccc(Cn2c(=O)n(CC(F)(F)C(F)(F)F)c3cnc(-c4c(F)cc(C5(C#N)CC5)c[n+]4[O-])cc32)cc1. The van der Waals surface area contributed by atoms with Gasteiger partial charge in [0.15, 0.2) is 12.0 Å². The topological polar surface area (TPSA) is 99.8 Å². The first-order valence-corrected chi connectivity index (χ1v) is 11.8. The Balaban J connectivity index is 1.66. The second-order valence-electron chi connectivity index (χ2n) is 9.51. The van der Waals surface area contributed by atoms with Gasteiger partial charge in [0.25, 0.3) is 5.69 Å². The second-order valence-corrected chi connectivity index (χ2v) is 9.51. The predicted molar refractivity (Wildman–Crippen MR) is 128 cm³/mol. The molecule has 14 heteroatoms. The Morgan fingerprint density at radius 3 is 2.35 bits per heavy atom. The Labute approximate surface area is 221 Å². The zero-order valence-corrected chi connectivity index (χ0v) is 20.7. The summed E-state index contributed by atoms with van der Waals surface area (Å²) in [5, 5.41) is 22.2. The fourth-order valence-corrected chi connectivity index (χ4v) is 4.48. The third-order valence-electron chi connectivity index (χ3n) is 6.92. The number of hydrogen-bond donors (Lipinski definition) is 0. The van der Waals surface area contributed by atoms with Crippen molar-refractivity contribution >= 4 is 11.0 Å². The third kappa shape index (κ3) is 4.51. The van der Waals surface area contributed by atoms with Gasteiger partial charge in [0.2, 0.25) is 0 Å². The Kier molecular flexibility index (Phi) is 6.28. The minimum Gasteiger partial charge on any atom is -0.618 e. The lowest BCUT2D eigenvalue weighted by Crippen LogP contribution is -2.43. The third-order valence-corrected chi connectivity index (χ3v) is 6.92. The van der Waals surface area contributed by atoms with Crippen molar-refractivity contribution in [3.63, 3.8) is 0 Å². The zero-order chi connectivity index (χ0) is 29.0. The molecule has 40 heavy (non-hydrogen) atoms. The average Bonchev–Trinajstić information content (AvgIpc) is 3.67. The highest BCUT2D eigenvalue weighted by Gasteiger charge is 2.58. The van der Waals surface area contributed by atoms with Crippen LogP contribution in [0.2, 0.25) is 0 Å². The van der Waals surface area contributed by atoms with E-state index in [1.54, 1.807) is 24.3 Å². The van der Waals surface area contributed by atoms with E-state index in [0.717, 1.165) is 29.1 Å². The predicted octanol–water partition coefficient (Wildman–Crippen LogP) is 4.45. The number of nitriles is 1. The van der Waals surface area contributed by atoms with Gasteiger partial charge in [-0.05, 0) is 42.7 Å². The number of halogens is 6. The van der Waals surface area contributed by atoms with Crippen LogP contribution in [0.4, 0.5) is 26.3 Å². The molecule has 1 aliphatic rings. The molecule has 3 heterocycles. The van der Waals surface area contributed by atoms with Gasteiger partial charge in [-0.3, -0.25) is 9.13 Å². The van der Waals surface area contributed by atoms with Crippen molar-refractivity contribution in [1.29, 1.82) is 5.26 Å². The van der Waals surface area contributed by atoms with Crippen molar-refractivity contribution in [2.24, 2.45) is 0 Å². The summed E-state index contributed by atoms with van der Waals surface area (Å²) in [4.78, 5) is 17.1. The number of alkyl halides is 5. The number of methoxy groups -OCH3 is 1. The maximum atomic E-state index is 15.2. The first-order valence-electron chi connectivity index (χ1n) is 11.8. The number of pyridine rings is 2. The van der Waals surface area contributed by atoms with Crippen LogP contribution in [-0.2, 0) is 18.5 Å². The standard InChI is InChI=1S/C26H19F6N5O3/c1-40-17-4-2-15(3-5-17)11-35-20-9-19(22-18(27)8-16(12-37(22)39)24(13-33)6-7-24)34-10-21(20)36(23(35)38)14-25(28,29)26(30,31)32/h2-5,8-10,12H,6-7,11,14H2,1H3. The highest BCUT2D eigenvalue weighted by atomic mass is 19.4. The summed E-state index contributed by atoms with van der Waals surface area (Å²) in [6, 6.07) is 10.4. The summed E-state index contributed by atoms with van der Waals surface area (Å²) in [7, 11) is 1.43. The molecule has 0 saturated heterocycles. The van der Waals surface area contributed by atoms with Crippen LogP contribution in [0.25, 0.3) is 22.4 Å². The van der Waals surface area contributed by atoms with Crippen molar-refractivity contribution in [1.82, 2.24) is 14.1 Å². The molecule has 5 rings (SSSR count). The van der Waals surface area contributed by atoms with Crippen LogP contribution in [0.3, 0.4) is 0 Å². The van der Waals surface area contributed by atoms with Gasteiger partial charge in [-0.2, -0.15) is 36.3 Å². The van der Waals surface area contributed by atoms with Crippen LogP contribution < -0.4 is 15.2 Å². The van der Waals surface area contributed by atoms with Gasteiger partial charge in [-0.25, -0.2) is 9.78 Å². The molecule has 0 N–H and O–H groups in total. The quantitative estimate of drug-likeness (QED) is 0.188. The molecular formula is C26H19F6N5O3. The van der Waals surface area contributed by atoms with Gasteiger partial charge in [0, 0.05) is 5.56 Å². The normalized spacial score (nSPS) is 14.8. The number of aromatic nitrogens is 4. The summed E-state index contributed by atoms with van der Waals surface area (Å²) < 4.78 is 88.6. The lowest BCUT2D eigenvalue weighted by Gasteiger charge is -2.19. The molecule has 3 aromatic heterocycles. The van der Waals surface area contributed by atoms with E-state index in [1.165, 1.54) is 7.11 Å². The highest BCUT2D eigenvalue weighted by molar-refractivity contribution is 5.79. The van der Waals surface area contributed by atoms with E-state index in [4.69, 9.17) is 4.74 Å². The Bertz CT molecular complexity index is 1690. The maximum Gasteiger partial charge on any atom is 0.455 e. The van der Waals surface area contributed by atoms with E-state index in [0.29, 0.717) is 24.2 Å². The first-order chi connectivity index (χ1) is 18.8. The summed E-state index contributed by atoms with van der Waals surface area (Å²) >= 11 is 0. The number of rotatable bonds is 7. The van der Waals surface area contributed by atoms with Crippen LogP contribution >= 0.6 is 0 Å². The van der Waals surface area contributed by atoms with Crippen LogP contribution in [0.1, 0.15) is 24.0 Å². The number of fused-ring (bicyclic) bond motifs is 1. The van der Waals surface area contributed by atoms with E-state index < -0.39 is 41.3 Å². The molecule has 0 atom stereocenters. The molecule has 1 aliphatic carbocycles. The van der Waals surface area contributed by atoms with Crippen LogP contribution in [0.15, 0.2) is 53.6 Å². The van der Waals surface area contributed by atoms with Crippen molar-refractivity contribution in [3.05, 3.63) is 81.4 Å². The smallest absolute Gasteiger partial charge is 0.455 e. The number of ether oxygens (including phenoxy) is 1. The lowest BCUT2D eigenvalue weighted by atomic mass is 9.99. The zero-order valence-electron chi connectivity index (χ0n) is 20.7. The largest absolute Gasteiger partial charge is 0.618 e. The van der Waals surface area contributed by atoms with E-state index in [2.05, 4.69) is 11.1 Å². The molecule has 1 aromatic carbocycles. The molecule has 208 valence electrons. The molecule has 8 nitrogen and oxygen atoms in total. The molecule has 0 spiro atoms. The summed E-state index contributed by atoms with van der Waals surface area (Å²) in [6.45, 7) is -2.26. The summed E-state index contributed by atoms with van der Waals surface area (Å²) in [6.07, 6.45) is -3.12. The molecule has 0 unspecified atom stereocenters. The lowest BCUT2D eigenvalue weighted by molar-refractivity contribution is -0.595. The van der Waals surface area contributed by atoms with Gasteiger partial charge in [0.1, 0.15) is 18.0 Å². The Morgan fingerprint density at radius 2 is 1.80 bits per heavy atom. The van der Waals surface area contributed by atoms with Gasteiger partial charge in [-0.15, -0.1) is 0 Å². The minimum absolute atomic E-state index is 0.150. The average molecular weight is 563 g/mol. The summed E-state index contributed by atoms with van der Waals surface area (Å²) in [5.74, 6) is -5.78. The monoisotopic (exact) mass is 563 g/mol. The minimum atomic E-state index is -5.93. The Morgan fingerprint density at radius 1 is 1.12 bits per heavy atom. The number of nitrogens with zero attached hydrogens (tertiary/aromatic N) is 5. The van der Waals surface area contributed by atoms with Gasteiger partial charge in [-0.1, -0.05) is 12.1 Å². The van der Waals surface area contributed by atoms with E-state index in [-0.39, 0.29) is 38.1 Å². The maximum absolute atomic E-state index is 15.2. The first kappa shape index (κ1) is 27.0. The van der Waals surface area contributed by atoms with Gasteiger partial charge >= 0.3 is 17.8 Å². The van der Waals surface area contributed by atoms with Crippen molar-refractivity contribution in [2.75, 3.05) is 7.11 Å². The molecule has 4 aromatic rings. The molecule has 0 bridgehead atoms. The number of benzene rings is 1. The fraction of sp³-hybridized carbons (Fsp3) is 0.308. The molecule has 0 aliphatic heterocycles. The second kappa shape index (κ2) is 9.29. The molecule has 0 radical (unpaired) electrons. The highest BCUT2D eigenvalue weighted by Crippen LogP contribution is 2.47. The fourth-order valence-electron chi connectivity index (χ4n) is 4.48. The van der Waals surface area contributed by atoms with E-state index >= 15 is 4.39 Å². The molecule has 1 saturated carbocycles. The van der Waals surface area contributed by atoms with Crippen LogP contribution in [0, 0.1) is 22.4 Å². The van der Waals surface area contributed by atoms with Crippen LogP contribution in [-0.4, -0.2) is 33.3 Å². The molecule has 0 amide bonds. The summed E-state index contributed by atoms with van der Waals surface area (Å²) in [5.41, 5.74) is -2.88. The molecule has 1 fully saturated rings. The van der Waals surface area contributed by atoms with Gasteiger partial charge in [0.05, 0.1) is 42.4 Å². The van der Waals surface area contributed by atoms with Crippen molar-refractivity contribution < 1.29 is 35.8 Å². The van der Waals surface area contributed by atoms with E-state index in [1.807, 2.05) is 0 Å². The van der Waals surface area contributed by atoms with Crippen molar-refractivity contribution in [2.45, 2.75) is 43.4 Å². The van der Waals surface area contributed by atoms with E-state index in [9.17, 15) is 37.2 Å². The van der Waals surface area contributed by atoms with Gasteiger partial charge < -0.3 is 9.94 Å². The van der Waals surface area contributed by atoms with Crippen LogP contribution in [0.5, 0.6) is 5.75 Å². The van der Waals surface area contributed by atoms with Crippen molar-refractivity contribution in [3.8, 4) is 23.2 Å². The number of hydrogen-bond acceptors (Lipinski definition) is 5. The Hall–Kier alpha value is -4.54. The molecular weight excluding hydrogens is 544 g/mol.